The van der Waals surface area contributed by atoms with E-state index in [9.17, 15) is 9.59 Å². The van der Waals surface area contributed by atoms with E-state index in [2.05, 4.69) is 20.9 Å². The van der Waals surface area contributed by atoms with Gasteiger partial charge in [-0.2, -0.15) is 0 Å². The van der Waals surface area contributed by atoms with Gasteiger partial charge in [0.2, 0.25) is 0 Å². The van der Waals surface area contributed by atoms with Crippen molar-refractivity contribution >= 4 is 34.6 Å². The van der Waals surface area contributed by atoms with Gasteiger partial charge in [0.05, 0.1) is 17.3 Å². The second-order valence-electron chi connectivity index (χ2n) is 5.75. The molecule has 3 N–H and O–H groups in total. The summed E-state index contributed by atoms with van der Waals surface area (Å²) in [4.78, 5) is 28.6. The summed E-state index contributed by atoms with van der Waals surface area (Å²) in [6.45, 7) is 3.13. The number of carbonyl (C=O) groups excluding carboxylic acids is 2. The SMILES string of the molecule is Cc1ncc(C(=O)Nc2ccc(NC(=O)NCC3CCCO3)cc2)s1. The maximum atomic E-state index is 12.1. The van der Waals surface area contributed by atoms with Gasteiger partial charge < -0.3 is 20.7 Å². The predicted octanol–water partition coefficient (Wildman–Crippen LogP) is 3.00. The van der Waals surface area contributed by atoms with E-state index in [1.807, 2.05) is 6.92 Å². The minimum Gasteiger partial charge on any atom is -0.376 e. The average molecular weight is 360 g/mol. The first kappa shape index (κ1) is 17.4. The van der Waals surface area contributed by atoms with Gasteiger partial charge in [-0.1, -0.05) is 0 Å². The van der Waals surface area contributed by atoms with Crippen molar-refractivity contribution in [3.8, 4) is 0 Å². The Morgan fingerprint density at radius 2 is 1.96 bits per heavy atom. The highest BCUT2D eigenvalue weighted by molar-refractivity contribution is 7.13. The summed E-state index contributed by atoms with van der Waals surface area (Å²) in [5.41, 5.74) is 1.30. The molecular weight excluding hydrogens is 340 g/mol. The van der Waals surface area contributed by atoms with Crippen molar-refractivity contribution in [1.29, 1.82) is 0 Å². The topological polar surface area (TPSA) is 92.4 Å². The first-order valence-corrected chi connectivity index (χ1v) is 8.92. The fourth-order valence-corrected chi connectivity index (χ4v) is 3.16. The fourth-order valence-electron chi connectivity index (χ4n) is 2.48. The monoisotopic (exact) mass is 360 g/mol. The molecule has 1 atom stereocenters. The zero-order chi connectivity index (χ0) is 17.6. The maximum absolute atomic E-state index is 12.1. The molecule has 0 radical (unpaired) electrons. The summed E-state index contributed by atoms with van der Waals surface area (Å²) in [5.74, 6) is -0.194. The van der Waals surface area contributed by atoms with Crippen LogP contribution in [0.15, 0.2) is 30.5 Å². The number of anilines is 2. The predicted molar refractivity (Wildman–Crippen MR) is 97.2 cm³/mol. The van der Waals surface area contributed by atoms with Gasteiger partial charge in [-0.05, 0) is 44.0 Å². The van der Waals surface area contributed by atoms with E-state index >= 15 is 0 Å². The minimum absolute atomic E-state index is 0.110. The quantitative estimate of drug-likeness (QED) is 0.764. The van der Waals surface area contributed by atoms with E-state index < -0.39 is 0 Å². The van der Waals surface area contributed by atoms with Crippen LogP contribution in [0.25, 0.3) is 0 Å². The van der Waals surface area contributed by atoms with Gasteiger partial charge in [-0.15, -0.1) is 11.3 Å². The van der Waals surface area contributed by atoms with Crippen LogP contribution in [0, 0.1) is 6.92 Å². The molecule has 1 aliphatic rings. The van der Waals surface area contributed by atoms with Crippen LogP contribution in [0.1, 0.15) is 27.5 Å². The Kier molecular flexibility index (Phi) is 5.62. The third-order valence-corrected chi connectivity index (χ3v) is 4.67. The zero-order valence-electron chi connectivity index (χ0n) is 13.9. The molecule has 0 spiro atoms. The van der Waals surface area contributed by atoms with Gasteiger partial charge in [0, 0.05) is 24.5 Å². The number of carbonyl (C=O) groups is 2. The van der Waals surface area contributed by atoms with Gasteiger partial charge in [0.1, 0.15) is 4.88 Å². The van der Waals surface area contributed by atoms with Crippen LogP contribution in [-0.4, -0.2) is 36.2 Å². The molecule has 25 heavy (non-hydrogen) atoms. The molecule has 1 saturated heterocycles. The van der Waals surface area contributed by atoms with E-state index in [-0.39, 0.29) is 18.0 Å². The van der Waals surface area contributed by atoms with Crippen molar-refractivity contribution in [2.75, 3.05) is 23.8 Å². The van der Waals surface area contributed by atoms with Crippen LogP contribution < -0.4 is 16.0 Å². The number of amides is 3. The molecule has 1 aromatic heterocycles. The summed E-state index contributed by atoms with van der Waals surface area (Å²) >= 11 is 1.34. The normalized spacial score (nSPS) is 16.4. The molecule has 1 aromatic carbocycles. The number of hydrogen-bond acceptors (Lipinski definition) is 5. The number of benzene rings is 1. The van der Waals surface area contributed by atoms with Crippen LogP contribution in [0.3, 0.4) is 0 Å². The van der Waals surface area contributed by atoms with Crippen LogP contribution >= 0.6 is 11.3 Å². The van der Waals surface area contributed by atoms with Crippen LogP contribution in [-0.2, 0) is 4.74 Å². The summed E-state index contributed by atoms with van der Waals surface area (Å²) in [6, 6.07) is 6.67. The molecule has 7 nitrogen and oxygen atoms in total. The van der Waals surface area contributed by atoms with E-state index in [0.29, 0.717) is 22.8 Å². The summed E-state index contributed by atoms with van der Waals surface area (Å²) in [5, 5.41) is 9.20. The molecule has 0 saturated carbocycles. The highest BCUT2D eigenvalue weighted by Gasteiger charge is 2.16. The lowest BCUT2D eigenvalue weighted by atomic mass is 10.2. The highest BCUT2D eigenvalue weighted by atomic mass is 32.1. The number of ether oxygens (including phenoxy) is 1. The molecule has 8 heteroatoms. The Morgan fingerprint density at radius 1 is 1.24 bits per heavy atom. The van der Waals surface area contributed by atoms with E-state index in [1.54, 1.807) is 30.5 Å². The van der Waals surface area contributed by atoms with E-state index in [1.165, 1.54) is 11.3 Å². The number of thiazole rings is 1. The second kappa shape index (κ2) is 8.09. The molecule has 0 aliphatic carbocycles. The van der Waals surface area contributed by atoms with Crippen molar-refractivity contribution < 1.29 is 14.3 Å². The molecule has 2 aromatic rings. The lowest BCUT2D eigenvalue weighted by Crippen LogP contribution is -2.35. The first-order valence-electron chi connectivity index (χ1n) is 8.10. The van der Waals surface area contributed by atoms with Gasteiger partial charge in [-0.25, -0.2) is 9.78 Å². The Labute approximate surface area is 149 Å². The number of aryl methyl sites for hydroxylation is 1. The number of nitrogens with one attached hydrogen (secondary N) is 3. The lowest BCUT2D eigenvalue weighted by molar-refractivity contribution is 0.103. The van der Waals surface area contributed by atoms with Gasteiger partial charge in [0.15, 0.2) is 0 Å². The molecular formula is C17H20N4O3S. The summed E-state index contributed by atoms with van der Waals surface area (Å²) in [6.07, 6.45) is 3.69. The van der Waals surface area contributed by atoms with Crippen molar-refractivity contribution in [2.24, 2.45) is 0 Å². The third kappa shape index (κ3) is 5.01. The van der Waals surface area contributed by atoms with Crippen molar-refractivity contribution in [3.63, 3.8) is 0 Å². The number of nitrogens with zero attached hydrogens (tertiary/aromatic N) is 1. The zero-order valence-corrected chi connectivity index (χ0v) is 14.7. The molecule has 3 amide bonds. The van der Waals surface area contributed by atoms with Crippen molar-refractivity contribution in [2.45, 2.75) is 25.9 Å². The number of urea groups is 1. The number of aromatic nitrogens is 1. The van der Waals surface area contributed by atoms with E-state index in [4.69, 9.17) is 4.74 Å². The Morgan fingerprint density at radius 3 is 2.56 bits per heavy atom. The fraction of sp³-hybridized carbons (Fsp3) is 0.353. The Hall–Kier alpha value is -2.45. The largest absolute Gasteiger partial charge is 0.376 e. The Bertz CT molecular complexity index is 739. The van der Waals surface area contributed by atoms with Crippen molar-refractivity contribution in [3.05, 3.63) is 40.3 Å². The summed E-state index contributed by atoms with van der Waals surface area (Å²) < 4.78 is 5.46. The Balaban J connectivity index is 1.48. The summed E-state index contributed by atoms with van der Waals surface area (Å²) in [7, 11) is 0. The number of rotatable bonds is 5. The van der Waals surface area contributed by atoms with Crippen LogP contribution in [0.5, 0.6) is 0 Å². The molecule has 1 fully saturated rings. The van der Waals surface area contributed by atoms with Crippen molar-refractivity contribution in [1.82, 2.24) is 10.3 Å². The molecule has 1 unspecified atom stereocenters. The lowest BCUT2D eigenvalue weighted by Gasteiger charge is -2.12. The molecule has 3 rings (SSSR count). The first-order chi connectivity index (χ1) is 12.1. The van der Waals surface area contributed by atoms with E-state index in [0.717, 1.165) is 24.5 Å². The van der Waals surface area contributed by atoms with Gasteiger partial charge in [0.25, 0.3) is 5.91 Å². The van der Waals surface area contributed by atoms with Gasteiger partial charge >= 0.3 is 6.03 Å². The molecule has 0 bridgehead atoms. The van der Waals surface area contributed by atoms with Gasteiger partial charge in [-0.3, -0.25) is 4.79 Å². The smallest absolute Gasteiger partial charge is 0.319 e. The van der Waals surface area contributed by atoms with Crippen LogP contribution in [0.4, 0.5) is 16.2 Å². The molecule has 1 aliphatic heterocycles. The second-order valence-corrected chi connectivity index (χ2v) is 6.98. The average Bonchev–Trinajstić information content (AvgIpc) is 3.26. The standard InChI is InChI=1S/C17H20N4O3S/c1-11-18-10-15(25-11)16(22)20-12-4-6-13(7-5-12)21-17(23)19-9-14-3-2-8-24-14/h4-7,10,14H,2-3,8-9H2,1H3,(H,20,22)(H2,19,21,23). The molecule has 132 valence electrons. The number of hydrogen-bond donors (Lipinski definition) is 3. The third-order valence-electron chi connectivity index (χ3n) is 3.76. The maximum Gasteiger partial charge on any atom is 0.319 e. The minimum atomic E-state index is -0.271. The van der Waals surface area contributed by atoms with Crippen LogP contribution in [0.2, 0.25) is 0 Å². The molecule has 2 heterocycles. The highest BCUT2D eigenvalue weighted by Crippen LogP contribution is 2.17.